The van der Waals surface area contributed by atoms with Crippen LogP contribution in [0.15, 0.2) is 42.7 Å². The monoisotopic (exact) mass is 348 g/mol. The van der Waals surface area contributed by atoms with E-state index in [4.69, 9.17) is 0 Å². The maximum Gasteiger partial charge on any atom is 0.143 e. The van der Waals surface area contributed by atoms with E-state index in [2.05, 4.69) is 65.3 Å². The average molecular weight is 348 g/mol. The Hall–Kier alpha value is -2.53. The fraction of sp³-hybridized carbons (Fsp3) is 0.250. The van der Waals surface area contributed by atoms with Crippen LogP contribution >= 0.6 is 11.3 Å². The normalized spacial score (nSPS) is 12.0. The molecule has 0 unspecified atom stereocenters. The maximum atomic E-state index is 4.59. The molecule has 0 atom stereocenters. The van der Waals surface area contributed by atoms with Crippen molar-refractivity contribution >= 4 is 44.0 Å². The number of anilines is 2. The molecule has 2 aromatic carbocycles. The molecular formula is C20H20N4S. The van der Waals surface area contributed by atoms with Gasteiger partial charge in [-0.25, -0.2) is 15.0 Å². The summed E-state index contributed by atoms with van der Waals surface area (Å²) in [5, 5.41) is 5.54. The van der Waals surface area contributed by atoms with Crippen molar-refractivity contribution in [2.45, 2.75) is 33.1 Å². The molecule has 126 valence electrons. The van der Waals surface area contributed by atoms with Gasteiger partial charge in [0.05, 0.1) is 26.1 Å². The quantitative estimate of drug-likeness (QED) is 0.513. The highest BCUT2D eigenvalue weighted by atomic mass is 32.1. The van der Waals surface area contributed by atoms with E-state index >= 15 is 0 Å². The van der Waals surface area contributed by atoms with Crippen molar-refractivity contribution in [3.8, 4) is 0 Å². The van der Waals surface area contributed by atoms with Crippen molar-refractivity contribution < 1.29 is 0 Å². The number of hydrogen-bond donors (Lipinski definition) is 1. The molecule has 5 heteroatoms. The van der Waals surface area contributed by atoms with Gasteiger partial charge in [-0.3, -0.25) is 0 Å². The Morgan fingerprint density at radius 2 is 1.64 bits per heavy atom. The summed E-state index contributed by atoms with van der Waals surface area (Å²) in [6, 6.07) is 12.6. The molecule has 2 aromatic heterocycles. The van der Waals surface area contributed by atoms with Crippen LogP contribution in [0.1, 0.15) is 31.3 Å². The second-order valence-corrected chi connectivity index (χ2v) is 8.42. The summed E-state index contributed by atoms with van der Waals surface area (Å²) in [4.78, 5) is 13.5. The second kappa shape index (κ2) is 5.77. The summed E-state index contributed by atoms with van der Waals surface area (Å²) in [7, 11) is 0. The van der Waals surface area contributed by atoms with Crippen molar-refractivity contribution in [1.29, 1.82) is 0 Å². The molecule has 1 N–H and O–H groups in total. The third kappa shape index (κ3) is 2.96. The summed E-state index contributed by atoms with van der Waals surface area (Å²) in [5.41, 5.74) is 4.40. The lowest BCUT2D eigenvalue weighted by molar-refractivity contribution is 0.590. The summed E-state index contributed by atoms with van der Waals surface area (Å²) >= 11 is 1.68. The number of thiazole rings is 1. The molecule has 0 aliphatic heterocycles. The van der Waals surface area contributed by atoms with E-state index in [0.29, 0.717) is 0 Å². The Kier molecular flexibility index (Phi) is 3.69. The number of rotatable bonds is 2. The molecule has 2 heterocycles. The van der Waals surface area contributed by atoms with E-state index in [1.807, 2.05) is 19.1 Å². The van der Waals surface area contributed by atoms with Crippen molar-refractivity contribution in [3.63, 3.8) is 0 Å². The van der Waals surface area contributed by atoms with E-state index in [-0.39, 0.29) is 5.41 Å². The number of benzene rings is 2. The number of fused-ring (bicyclic) bond motifs is 3. The molecule has 0 saturated carbocycles. The van der Waals surface area contributed by atoms with E-state index in [1.54, 1.807) is 17.7 Å². The van der Waals surface area contributed by atoms with Crippen molar-refractivity contribution in [3.05, 3.63) is 53.3 Å². The van der Waals surface area contributed by atoms with Crippen LogP contribution in [-0.4, -0.2) is 15.0 Å². The number of hydrogen-bond acceptors (Lipinski definition) is 5. The lowest BCUT2D eigenvalue weighted by atomic mass is 9.87. The van der Waals surface area contributed by atoms with Gasteiger partial charge in [0.25, 0.3) is 0 Å². The van der Waals surface area contributed by atoms with Gasteiger partial charge in [0, 0.05) is 5.69 Å². The highest BCUT2D eigenvalue weighted by molar-refractivity contribution is 7.19. The third-order valence-electron chi connectivity index (χ3n) is 4.28. The first-order valence-corrected chi connectivity index (χ1v) is 9.12. The lowest BCUT2D eigenvalue weighted by Crippen LogP contribution is -2.10. The standard InChI is InChI=1S/C20H20N4S/c1-12-23-16-10-9-15-17(18(16)25-12)19(22-11-21-15)24-14-7-5-13(6-8-14)20(2,3)4/h5-11H,1-4H3,(H,21,22,24). The van der Waals surface area contributed by atoms with Gasteiger partial charge in [0.1, 0.15) is 12.1 Å². The highest BCUT2D eigenvalue weighted by Gasteiger charge is 2.14. The minimum atomic E-state index is 0.145. The van der Waals surface area contributed by atoms with Crippen molar-refractivity contribution in [2.75, 3.05) is 5.32 Å². The summed E-state index contributed by atoms with van der Waals surface area (Å²) < 4.78 is 1.13. The minimum absolute atomic E-state index is 0.145. The smallest absolute Gasteiger partial charge is 0.143 e. The molecule has 0 saturated heterocycles. The topological polar surface area (TPSA) is 50.7 Å². The largest absolute Gasteiger partial charge is 0.340 e. The van der Waals surface area contributed by atoms with Crippen molar-refractivity contribution in [2.24, 2.45) is 0 Å². The summed E-state index contributed by atoms with van der Waals surface area (Å²) in [6.07, 6.45) is 1.61. The van der Waals surface area contributed by atoms with E-state index in [9.17, 15) is 0 Å². The predicted molar refractivity (Wildman–Crippen MR) is 106 cm³/mol. The zero-order valence-corrected chi connectivity index (χ0v) is 15.6. The number of aromatic nitrogens is 3. The third-order valence-corrected chi connectivity index (χ3v) is 5.28. The zero-order valence-electron chi connectivity index (χ0n) is 14.8. The van der Waals surface area contributed by atoms with Gasteiger partial charge < -0.3 is 5.32 Å². The van der Waals surface area contributed by atoms with Crippen molar-refractivity contribution in [1.82, 2.24) is 15.0 Å². The molecular weight excluding hydrogens is 328 g/mol. The maximum absolute atomic E-state index is 4.59. The van der Waals surface area contributed by atoms with Gasteiger partial charge in [-0.15, -0.1) is 11.3 Å². The SMILES string of the molecule is Cc1nc2ccc3ncnc(Nc4ccc(C(C)(C)C)cc4)c3c2s1. The molecule has 0 radical (unpaired) electrons. The van der Waals surface area contributed by atoms with Crippen LogP contribution in [0.4, 0.5) is 11.5 Å². The van der Waals surface area contributed by atoms with Gasteiger partial charge in [0.2, 0.25) is 0 Å². The Morgan fingerprint density at radius 3 is 2.36 bits per heavy atom. The first-order valence-electron chi connectivity index (χ1n) is 8.30. The van der Waals surface area contributed by atoms with Crippen LogP contribution in [0.5, 0.6) is 0 Å². The Morgan fingerprint density at radius 1 is 0.920 bits per heavy atom. The van der Waals surface area contributed by atoms with Crippen LogP contribution in [-0.2, 0) is 5.41 Å². The van der Waals surface area contributed by atoms with Gasteiger partial charge in [-0.05, 0) is 42.2 Å². The molecule has 0 aliphatic rings. The fourth-order valence-electron chi connectivity index (χ4n) is 2.93. The van der Waals surface area contributed by atoms with Gasteiger partial charge in [0.15, 0.2) is 0 Å². The number of nitrogens with one attached hydrogen (secondary N) is 1. The zero-order chi connectivity index (χ0) is 17.6. The Balaban J connectivity index is 1.80. The van der Waals surface area contributed by atoms with Gasteiger partial charge >= 0.3 is 0 Å². The molecule has 0 amide bonds. The second-order valence-electron chi connectivity index (χ2n) is 7.22. The van der Waals surface area contributed by atoms with E-state index in [0.717, 1.165) is 37.6 Å². The minimum Gasteiger partial charge on any atom is -0.340 e. The fourth-order valence-corrected chi connectivity index (χ4v) is 3.89. The van der Waals surface area contributed by atoms with Gasteiger partial charge in [-0.1, -0.05) is 32.9 Å². The summed E-state index contributed by atoms with van der Waals surface area (Å²) in [5.74, 6) is 0.822. The molecule has 4 aromatic rings. The summed E-state index contributed by atoms with van der Waals surface area (Å²) in [6.45, 7) is 8.68. The van der Waals surface area contributed by atoms with E-state index < -0.39 is 0 Å². The van der Waals surface area contributed by atoms with Crippen LogP contribution in [0, 0.1) is 6.92 Å². The molecule has 4 rings (SSSR count). The van der Waals surface area contributed by atoms with Gasteiger partial charge in [-0.2, -0.15) is 0 Å². The molecule has 0 spiro atoms. The first-order chi connectivity index (χ1) is 11.9. The Labute approximate surface area is 151 Å². The highest BCUT2D eigenvalue weighted by Crippen LogP contribution is 2.34. The van der Waals surface area contributed by atoms with Crippen LogP contribution in [0.2, 0.25) is 0 Å². The first kappa shape index (κ1) is 16.0. The molecule has 0 aliphatic carbocycles. The molecule has 0 bridgehead atoms. The predicted octanol–water partition coefficient (Wildman–Crippen LogP) is 5.59. The number of nitrogens with zero attached hydrogens (tertiary/aromatic N) is 3. The Bertz CT molecular complexity index is 1060. The molecule has 4 nitrogen and oxygen atoms in total. The molecule has 0 fully saturated rings. The average Bonchev–Trinajstić information content (AvgIpc) is 2.95. The van der Waals surface area contributed by atoms with Crippen LogP contribution < -0.4 is 5.32 Å². The van der Waals surface area contributed by atoms with E-state index in [1.165, 1.54) is 5.56 Å². The lowest BCUT2D eigenvalue weighted by Gasteiger charge is -2.19. The van der Waals surface area contributed by atoms with Crippen LogP contribution in [0.3, 0.4) is 0 Å². The molecule has 25 heavy (non-hydrogen) atoms. The van der Waals surface area contributed by atoms with Crippen LogP contribution in [0.25, 0.3) is 21.1 Å². The number of aryl methyl sites for hydroxylation is 1.